The standard InChI is InChI=1S/C10H8N2O/c11-12-10(13)7-2-1-6-8-3-5(8)4-9(6)7/h1-2,4H,3,11H2,(H,12,13). The summed E-state index contributed by atoms with van der Waals surface area (Å²) in [4.78, 5) is 11.3. The molecule has 0 atom stereocenters. The summed E-state index contributed by atoms with van der Waals surface area (Å²) in [6.45, 7) is 0. The molecule has 3 nitrogen and oxygen atoms in total. The number of hydrogen-bond acceptors (Lipinski definition) is 2. The number of hydrazine groups is 1. The normalized spacial score (nSPS) is 21.8. The van der Waals surface area contributed by atoms with Gasteiger partial charge < -0.3 is 0 Å². The Morgan fingerprint density at radius 1 is 1.38 bits per heavy atom. The van der Waals surface area contributed by atoms with E-state index in [1.165, 1.54) is 16.7 Å². The molecule has 0 unspecified atom stereocenters. The molecule has 3 rings (SSSR count). The van der Waals surface area contributed by atoms with Crippen molar-refractivity contribution in [3.05, 3.63) is 46.1 Å². The number of hydrogen-bond donors (Lipinski definition) is 2. The van der Waals surface area contributed by atoms with Crippen LogP contribution in [0.3, 0.4) is 0 Å². The second kappa shape index (κ2) is 2.00. The number of allylic oxidation sites excluding steroid dienone is 6. The van der Waals surface area contributed by atoms with E-state index in [0.29, 0.717) is 5.57 Å². The fourth-order valence-electron chi connectivity index (χ4n) is 1.91. The van der Waals surface area contributed by atoms with Crippen LogP contribution in [0, 0.1) is 0 Å². The van der Waals surface area contributed by atoms with Crippen LogP contribution in [0.4, 0.5) is 0 Å². The van der Waals surface area contributed by atoms with Crippen molar-refractivity contribution >= 4 is 5.91 Å². The maximum absolute atomic E-state index is 11.3. The van der Waals surface area contributed by atoms with Crippen LogP contribution in [-0.4, -0.2) is 5.91 Å². The molecule has 3 N–H and O–H groups in total. The van der Waals surface area contributed by atoms with Crippen LogP contribution in [0.2, 0.25) is 0 Å². The molecule has 64 valence electrons. The molecule has 0 heterocycles. The zero-order chi connectivity index (χ0) is 9.00. The summed E-state index contributed by atoms with van der Waals surface area (Å²) in [7, 11) is 0. The van der Waals surface area contributed by atoms with E-state index in [0.717, 1.165) is 12.0 Å². The van der Waals surface area contributed by atoms with Gasteiger partial charge in [-0.25, -0.2) is 5.84 Å². The van der Waals surface area contributed by atoms with Gasteiger partial charge in [0.05, 0.1) is 0 Å². The van der Waals surface area contributed by atoms with Crippen LogP contribution in [0.1, 0.15) is 6.42 Å². The molecule has 0 aromatic rings. The van der Waals surface area contributed by atoms with E-state index >= 15 is 0 Å². The van der Waals surface area contributed by atoms with Crippen LogP contribution in [0.15, 0.2) is 46.1 Å². The van der Waals surface area contributed by atoms with Gasteiger partial charge >= 0.3 is 0 Å². The first kappa shape index (κ1) is 6.86. The molecule has 0 aliphatic heterocycles. The van der Waals surface area contributed by atoms with Crippen molar-refractivity contribution in [2.45, 2.75) is 6.42 Å². The summed E-state index contributed by atoms with van der Waals surface area (Å²) in [5.74, 6) is 4.87. The van der Waals surface area contributed by atoms with Gasteiger partial charge in [0, 0.05) is 5.57 Å². The zero-order valence-corrected chi connectivity index (χ0v) is 6.92. The molecule has 0 fully saturated rings. The molecule has 0 bridgehead atoms. The van der Waals surface area contributed by atoms with Gasteiger partial charge in [-0.15, -0.1) is 0 Å². The number of carbonyl (C=O) groups is 1. The van der Waals surface area contributed by atoms with Crippen LogP contribution in [0.5, 0.6) is 0 Å². The lowest BCUT2D eigenvalue weighted by Gasteiger charge is -2.05. The van der Waals surface area contributed by atoms with E-state index in [1.54, 1.807) is 0 Å². The van der Waals surface area contributed by atoms with Crippen molar-refractivity contribution in [3.63, 3.8) is 0 Å². The second-order valence-electron chi connectivity index (χ2n) is 3.37. The predicted octanol–water partition coefficient (Wildman–Crippen LogP) is 0.483. The molecule has 3 aliphatic carbocycles. The monoisotopic (exact) mass is 172 g/mol. The van der Waals surface area contributed by atoms with Gasteiger partial charge in [0.1, 0.15) is 0 Å². The van der Waals surface area contributed by atoms with E-state index in [9.17, 15) is 4.79 Å². The van der Waals surface area contributed by atoms with Gasteiger partial charge in [-0.05, 0) is 40.9 Å². The lowest BCUT2D eigenvalue weighted by atomic mass is 10.0. The maximum atomic E-state index is 11.3. The van der Waals surface area contributed by atoms with Gasteiger partial charge in [-0.2, -0.15) is 0 Å². The van der Waals surface area contributed by atoms with E-state index in [-0.39, 0.29) is 5.91 Å². The topological polar surface area (TPSA) is 55.1 Å². The quantitative estimate of drug-likeness (QED) is 0.343. The van der Waals surface area contributed by atoms with E-state index < -0.39 is 0 Å². The average Bonchev–Trinajstić information content (AvgIpc) is 2.63. The molecule has 1 amide bonds. The average molecular weight is 172 g/mol. The Morgan fingerprint density at radius 2 is 2.23 bits per heavy atom. The number of nitrogens with one attached hydrogen (secondary N) is 1. The fraction of sp³-hybridized carbons (Fsp3) is 0.100. The molecule has 3 aliphatic rings. The Morgan fingerprint density at radius 3 is 3.00 bits per heavy atom. The third-order valence-corrected chi connectivity index (χ3v) is 2.65. The first-order valence-corrected chi connectivity index (χ1v) is 4.19. The lowest BCUT2D eigenvalue weighted by molar-refractivity contribution is -0.117. The van der Waals surface area contributed by atoms with Gasteiger partial charge in [-0.3, -0.25) is 10.2 Å². The predicted molar refractivity (Wildman–Crippen MR) is 48.2 cm³/mol. The summed E-state index contributed by atoms with van der Waals surface area (Å²) in [5.41, 5.74) is 7.86. The second-order valence-corrected chi connectivity index (χ2v) is 3.37. The molecule has 0 saturated heterocycles. The summed E-state index contributed by atoms with van der Waals surface area (Å²) in [6, 6.07) is 0. The highest BCUT2D eigenvalue weighted by atomic mass is 16.2. The molecule has 0 radical (unpaired) electrons. The SMILES string of the molecule is NNC(=O)C1=CC=C2C1=CC1=C2C1. The maximum Gasteiger partial charge on any atom is 0.265 e. The van der Waals surface area contributed by atoms with E-state index in [2.05, 4.69) is 11.5 Å². The van der Waals surface area contributed by atoms with E-state index in [1.807, 2.05) is 12.2 Å². The van der Waals surface area contributed by atoms with Crippen LogP contribution in [-0.2, 0) is 4.79 Å². The Kier molecular flexibility index (Phi) is 1.06. The summed E-state index contributed by atoms with van der Waals surface area (Å²) >= 11 is 0. The minimum absolute atomic E-state index is 0.208. The van der Waals surface area contributed by atoms with Gasteiger partial charge in [0.2, 0.25) is 0 Å². The third kappa shape index (κ3) is 0.742. The Labute approximate surface area is 75.3 Å². The molecular weight excluding hydrogens is 164 g/mol. The fourth-order valence-corrected chi connectivity index (χ4v) is 1.91. The molecule has 3 heteroatoms. The summed E-state index contributed by atoms with van der Waals surface area (Å²) in [5, 5.41) is 0. The molecule has 0 saturated carbocycles. The molecule has 0 aromatic heterocycles. The zero-order valence-electron chi connectivity index (χ0n) is 6.92. The highest BCUT2D eigenvalue weighted by Crippen LogP contribution is 2.51. The highest BCUT2D eigenvalue weighted by Gasteiger charge is 2.36. The van der Waals surface area contributed by atoms with Crippen molar-refractivity contribution in [2.75, 3.05) is 0 Å². The largest absolute Gasteiger partial charge is 0.290 e. The minimum Gasteiger partial charge on any atom is -0.290 e. The number of nitrogens with two attached hydrogens (primary N) is 1. The molecule has 0 spiro atoms. The minimum atomic E-state index is -0.208. The van der Waals surface area contributed by atoms with Crippen molar-refractivity contribution in [2.24, 2.45) is 5.84 Å². The van der Waals surface area contributed by atoms with Crippen molar-refractivity contribution in [1.29, 1.82) is 0 Å². The van der Waals surface area contributed by atoms with Crippen molar-refractivity contribution < 1.29 is 4.79 Å². The smallest absolute Gasteiger partial charge is 0.265 e. The first-order valence-electron chi connectivity index (χ1n) is 4.19. The Balaban J connectivity index is 1.99. The summed E-state index contributed by atoms with van der Waals surface area (Å²) < 4.78 is 0. The Hall–Kier alpha value is -1.61. The van der Waals surface area contributed by atoms with Crippen LogP contribution in [0.25, 0.3) is 0 Å². The van der Waals surface area contributed by atoms with E-state index in [4.69, 9.17) is 5.84 Å². The molecule has 0 aromatic carbocycles. The number of amides is 1. The third-order valence-electron chi connectivity index (χ3n) is 2.65. The van der Waals surface area contributed by atoms with Crippen LogP contribution < -0.4 is 11.3 Å². The van der Waals surface area contributed by atoms with Gasteiger partial charge in [-0.1, -0.05) is 6.08 Å². The van der Waals surface area contributed by atoms with Gasteiger partial charge in [0.25, 0.3) is 5.91 Å². The number of carbonyl (C=O) groups excluding carboxylic acids is 1. The van der Waals surface area contributed by atoms with Crippen LogP contribution >= 0.6 is 0 Å². The summed E-state index contributed by atoms with van der Waals surface area (Å²) in [6.07, 6.45) is 6.99. The molecular formula is C10H8N2O. The first-order chi connectivity index (χ1) is 6.31. The van der Waals surface area contributed by atoms with Crippen molar-refractivity contribution in [1.82, 2.24) is 5.43 Å². The van der Waals surface area contributed by atoms with Gasteiger partial charge in [0.15, 0.2) is 0 Å². The number of fused-ring (bicyclic) bond motifs is 2. The molecule has 13 heavy (non-hydrogen) atoms. The lowest BCUT2D eigenvalue weighted by Crippen LogP contribution is -2.31. The number of rotatable bonds is 1. The highest BCUT2D eigenvalue weighted by molar-refractivity contribution is 6.03. The Bertz CT molecular complexity index is 450. The van der Waals surface area contributed by atoms with Crippen molar-refractivity contribution in [3.8, 4) is 0 Å².